The van der Waals surface area contributed by atoms with Crippen molar-refractivity contribution < 1.29 is 4.79 Å². The van der Waals surface area contributed by atoms with Crippen LogP contribution in [-0.4, -0.2) is 11.8 Å². The van der Waals surface area contributed by atoms with E-state index in [-0.39, 0.29) is 11.8 Å². The summed E-state index contributed by atoms with van der Waals surface area (Å²) in [5.41, 5.74) is 2.96. The lowest BCUT2D eigenvalue weighted by atomic mass is 10.1. The molecule has 0 fully saturated rings. The van der Waals surface area contributed by atoms with Gasteiger partial charge < -0.3 is 5.32 Å². The number of hydrogen-bond donors (Lipinski definition) is 1. The van der Waals surface area contributed by atoms with Gasteiger partial charge in [-0.25, -0.2) is 0 Å². The molecule has 0 radical (unpaired) electrons. The quantitative estimate of drug-likeness (QED) is 0.845. The first-order valence-corrected chi connectivity index (χ1v) is 5.85. The summed E-state index contributed by atoms with van der Waals surface area (Å²) in [6.07, 6.45) is 0. The number of nitrogens with one attached hydrogen (secondary N) is 1. The molecule has 0 atom stereocenters. The summed E-state index contributed by atoms with van der Waals surface area (Å²) in [4.78, 5) is 11.1. The van der Waals surface area contributed by atoms with E-state index in [9.17, 15) is 4.79 Å². The fraction of sp³-hybridized carbons (Fsp3) is 0.300. The van der Waals surface area contributed by atoms with Gasteiger partial charge in [-0.3, -0.25) is 4.79 Å². The molecule has 0 aliphatic heterocycles. The number of hydrogen-bond acceptors (Lipinski definition) is 1. The monoisotopic (exact) mass is 275 g/mol. The third kappa shape index (κ3) is 2.72. The smallest absolute Gasteiger partial charge is 0.239 e. The van der Waals surface area contributed by atoms with Crippen LogP contribution in [0.5, 0.6) is 0 Å². The van der Waals surface area contributed by atoms with E-state index in [1.807, 2.05) is 25.1 Å². The molecule has 1 N–H and O–H groups in total. The maximum Gasteiger partial charge on any atom is 0.239 e. The van der Waals surface area contributed by atoms with Crippen LogP contribution in [0.2, 0.25) is 0 Å². The Morgan fingerprint density at radius 1 is 1.57 bits per heavy atom. The SMILES string of the molecule is Cc1cccc(CBr)c1NC(=O)CCl. The van der Waals surface area contributed by atoms with E-state index < -0.39 is 0 Å². The van der Waals surface area contributed by atoms with E-state index in [1.54, 1.807) is 0 Å². The van der Waals surface area contributed by atoms with Gasteiger partial charge in [-0.1, -0.05) is 34.1 Å². The predicted molar refractivity (Wildman–Crippen MR) is 63.2 cm³/mol. The van der Waals surface area contributed by atoms with Crippen molar-refractivity contribution in [2.45, 2.75) is 12.3 Å². The molecule has 0 unspecified atom stereocenters. The van der Waals surface area contributed by atoms with E-state index in [1.165, 1.54) is 0 Å². The van der Waals surface area contributed by atoms with Crippen LogP contribution in [0.25, 0.3) is 0 Å². The predicted octanol–water partition coefficient (Wildman–Crippen LogP) is 3.07. The van der Waals surface area contributed by atoms with Crippen molar-refractivity contribution in [3.05, 3.63) is 29.3 Å². The molecular formula is C10H11BrClNO. The van der Waals surface area contributed by atoms with Crippen molar-refractivity contribution in [3.63, 3.8) is 0 Å². The molecule has 0 spiro atoms. The lowest BCUT2D eigenvalue weighted by molar-refractivity contribution is -0.113. The Labute approximate surface area is 96.8 Å². The van der Waals surface area contributed by atoms with Crippen LogP contribution >= 0.6 is 27.5 Å². The summed E-state index contributed by atoms with van der Waals surface area (Å²) in [6.45, 7) is 1.95. The first kappa shape index (κ1) is 11.5. The molecule has 0 saturated heterocycles. The van der Waals surface area contributed by atoms with E-state index in [0.29, 0.717) is 5.33 Å². The average molecular weight is 277 g/mol. The molecule has 1 rings (SSSR count). The Kier molecular flexibility index (Phi) is 4.42. The van der Waals surface area contributed by atoms with Gasteiger partial charge in [0.2, 0.25) is 5.91 Å². The maximum absolute atomic E-state index is 11.1. The summed E-state index contributed by atoms with van der Waals surface area (Å²) in [7, 11) is 0. The van der Waals surface area contributed by atoms with Gasteiger partial charge in [0.15, 0.2) is 0 Å². The number of carbonyl (C=O) groups is 1. The van der Waals surface area contributed by atoms with Crippen LogP contribution in [0.15, 0.2) is 18.2 Å². The van der Waals surface area contributed by atoms with E-state index >= 15 is 0 Å². The minimum atomic E-state index is -0.178. The largest absolute Gasteiger partial charge is 0.325 e. The van der Waals surface area contributed by atoms with Gasteiger partial charge in [-0.2, -0.15) is 0 Å². The van der Waals surface area contributed by atoms with Crippen molar-refractivity contribution >= 4 is 39.1 Å². The number of amides is 1. The molecule has 0 aliphatic rings. The van der Waals surface area contributed by atoms with Crippen molar-refractivity contribution in [2.24, 2.45) is 0 Å². The highest BCUT2D eigenvalue weighted by Crippen LogP contribution is 2.22. The fourth-order valence-electron chi connectivity index (χ4n) is 1.19. The van der Waals surface area contributed by atoms with E-state index in [2.05, 4.69) is 21.2 Å². The lowest BCUT2D eigenvalue weighted by Gasteiger charge is -2.11. The normalized spacial score (nSPS) is 9.93. The minimum Gasteiger partial charge on any atom is -0.325 e. The molecular weight excluding hydrogens is 265 g/mol. The van der Waals surface area contributed by atoms with Crippen molar-refractivity contribution in [1.29, 1.82) is 0 Å². The average Bonchev–Trinajstić information content (AvgIpc) is 2.20. The van der Waals surface area contributed by atoms with Gasteiger partial charge in [-0.15, -0.1) is 11.6 Å². The third-order valence-corrected chi connectivity index (χ3v) is 2.74. The number of anilines is 1. The summed E-state index contributed by atoms with van der Waals surface area (Å²) in [5, 5.41) is 3.49. The Hall–Kier alpha value is -0.540. The van der Waals surface area contributed by atoms with Gasteiger partial charge in [0, 0.05) is 11.0 Å². The van der Waals surface area contributed by atoms with Crippen molar-refractivity contribution in [1.82, 2.24) is 0 Å². The Balaban J connectivity index is 2.98. The summed E-state index contributed by atoms with van der Waals surface area (Å²) < 4.78 is 0. The highest BCUT2D eigenvalue weighted by Gasteiger charge is 2.07. The number of carbonyl (C=O) groups excluding carboxylic acids is 1. The highest BCUT2D eigenvalue weighted by molar-refractivity contribution is 9.08. The first-order valence-electron chi connectivity index (χ1n) is 4.19. The molecule has 76 valence electrons. The van der Waals surface area contributed by atoms with Crippen molar-refractivity contribution in [2.75, 3.05) is 11.2 Å². The Bertz CT molecular complexity index is 341. The lowest BCUT2D eigenvalue weighted by Crippen LogP contribution is -2.14. The molecule has 1 amide bonds. The molecule has 0 saturated carbocycles. The molecule has 1 aromatic rings. The molecule has 14 heavy (non-hydrogen) atoms. The van der Waals surface area contributed by atoms with Gasteiger partial charge in [0.25, 0.3) is 0 Å². The second kappa shape index (κ2) is 5.37. The summed E-state index contributed by atoms with van der Waals surface area (Å²) in [6, 6.07) is 5.88. The van der Waals surface area contributed by atoms with Crippen molar-refractivity contribution in [3.8, 4) is 0 Å². The molecule has 0 aromatic heterocycles. The van der Waals surface area contributed by atoms with Crippen LogP contribution in [0.3, 0.4) is 0 Å². The zero-order chi connectivity index (χ0) is 10.6. The molecule has 0 bridgehead atoms. The second-order valence-electron chi connectivity index (χ2n) is 2.92. The molecule has 2 nitrogen and oxygen atoms in total. The van der Waals surface area contributed by atoms with Gasteiger partial charge in [0.1, 0.15) is 5.88 Å². The molecule has 1 aromatic carbocycles. The van der Waals surface area contributed by atoms with E-state index in [0.717, 1.165) is 16.8 Å². The molecule has 0 heterocycles. The summed E-state index contributed by atoms with van der Waals surface area (Å²) in [5.74, 6) is -0.195. The highest BCUT2D eigenvalue weighted by atomic mass is 79.9. The number of aryl methyl sites for hydroxylation is 1. The number of halogens is 2. The maximum atomic E-state index is 11.1. The number of rotatable bonds is 3. The zero-order valence-corrected chi connectivity index (χ0v) is 10.2. The topological polar surface area (TPSA) is 29.1 Å². The third-order valence-electron chi connectivity index (χ3n) is 1.89. The number of para-hydroxylation sites is 1. The summed E-state index contributed by atoms with van der Waals surface area (Å²) >= 11 is 8.80. The zero-order valence-electron chi connectivity index (χ0n) is 7.81. The Morgan fingerprint density at radius 2 is 2.29 bits per heavy atom. The minimum absolute atomic E-state index is 0.0178. The van der Waals surface area contributed by atoms with Gasteiger partial charge in [0.05, 0.1) is 0 Å². The Morgan fingerprint density at radius 3 is 2.86 bits per heavy atom. The van der Waals surface area contributed by atoms with Crippen LogP contribution in [0, 0.1) is 6.92 Å². The fourth-order valence-corrected chi connectivity index (χ4v) is 1.73. The van der Waals surface area contributed by atoms with Crippen LogP contribution in [-0.2, 0) is 10.1 Å². The molecule has 0 aliphatic carbocycles. The number of benzene rings is 1. The van der Waals surface area contributed by atoms with Crippen LogP contribution in [0.4, 0.5) is 5.69 Å². The standard InChI is InChI=1S/C10H11BrClNO/c1-7-3-2-4-8(5-11)10(7)13-9(14)6-12/h2-4H,5-6H2,1H3,(H,13,14). The van der Waals surface area contributed by atoms with Gasteiger partial charge >= 0.3 is 0 Å². The molecule has 4 heteroatoms. The second-order valence-corrected chi connectivity index (χ2v) is 3.75. The van der Waals surface area contributed by atoms with E-state index in [4.69, 9.17) is 11.6 Å². The first-order chi connectivity index (χ1) is 6.69. The van der Waals surface area contributed by atoms with Crippen LogP contribution < -0.4 is 5.32 Å². The number of alkyl halides is 2. The van der Waals surface area contributed by atoms with Crippen LogP contribution in [0.1, 0.15) is 11.1 Å². The van der Waals surface area contributed by atoms with Gasteiger partial charge in [-0.05, 0) is 18.1 Å².